The fourth-order valence-corrected chi connectivity index (χ4v) is 0.866. The number of aromatic nitrogens is 1. The molecule has 1 aromatic rings. The Kier molecular flexibility index (Phi) is 2.42. The van der Waals surface area contributed by atoms with E-state index in [1.807, 2.05) is 0 Å². The van der Waals surface area contributed by atoms with Crippen molar-refractivity contribution in [3.05, 3.63) is 23.0 Å². The second-order valence-corrected chi connectivity index (χ2v) is 2.44. The largest absolute Gasteiger partial charge is 0.506 e. The van der Waals surface area contributed by atoms with Crippen LogP contribution in [0, 0.1) is 18.3 Å². The van der Waals surface area contributed by atoms with Gasteiger partial charge < -0.3 is 5.11 Å². The molecule has 0 atom stereocenters. The van der Waals surface area contributed by atoms with Crippen LogP contribution in [0.3, 0.4) is 0 Å². The van der Waals surface area contributed by atoms with Crippen molar-refractivity contribution in [1.29, 1.82) is 5.26 Å². The lowest BCUT2D eigenvalue weighted by atomic mass is 10.2. The maximum atomic E-state index is 12.2. The molecule has 1 rings (SSSR count). The molecule has 0 bridgehead atoms. The molecule has 0 amide bonds. The van der Waals surface area contributed by atoms with Gasteiger partial charge in [-0.2, -0.15) is 5.26 Å². The number of hydrogen-bond acceptors (Lipinski definition) is 3. The first-order valence-corrected chi connectivity index (χ1v) is 3.45. The third-order valence-electron chi connectivity index (χ3n) is 1.56. The summed E-state index contributed by atoms with van der Waals surface area (Å²) >= 11 is 0. The minimum absolute atomic E-state index is 0.168. The monoisotopic (exact) mass is 184 g/mol. The van der Waals surface area contributed by atoms with Gasteiger partial charge in [-0.15, -0.1) is 0 Å². The molecule has 68 valence electrons. The molecule has 0 saturated carbocycles. The Balaban J connectivity index is 3.35. The molecule has 0 unspecified atom stereocenters. The van der Waals surface area contributed by atoms with Crippen LogP contribution in [0.1, 0.15) is 23.4 Å². The van der Waals surface area contributed by atoms with Crippen LogP contribution in [-0.2, 0) is 0 Å². The van der Waals surface area contributed by atoms with Crippen LogP contribution >= 0.6 is 0 Å². The van der Waals surface area contributed by atoms with Crippen molar-refractivity contribution >= 4 is 0 Å². The highest BCUT2D eigenvalue weighted by atomic mass is 19.3. The second kappa shape index (κ2) is 3.35. The molecular formula is C8H6F2N2O. The van der Waals surface area contributed by atoms with E-state index < -0.39 is 12.0 Å². The summed E-state index contributed by atoms with van der Waals surface area (Å²) < 4.78 is 24.4. The fourth-order valence-electron chi connectivity index (χ4n) is 0.866. The lowest BCUT2D eigenvalue weighted by Crippen LogP contribution is -1.96. The standard InChI is InChI=1S/C8H6F2N2O/c1-4-7(13)2-5(8(9)10)6(3-11)12-4/h2,8,13H,1H3. The Labute approximate surface area is 73.3 Å². The summed E-state index contributed by atoms with van der Waals surface area (Å²) in [6.45, 7) is 1.44. The smallest absolute Gasteiger partial charge is 0.266 e. The molecule has 1 aromatic heterocycles. The predicted octanol–water partition coefficient (Wildman–Crippen LogP) is 1.90. The van der Waals surface area contributed by atoms with Crippen molar-refractivity contribution < 1.29 is 13.9 Å². The summed E-state index contributed by atoms with van der Waals surface area (Å²) in [6, 6.07) is 2.41. The molecule has 0 aliphatic carbocycles. The van der Waals surface area contributed by atoms with Crippen molar-refractivity contribution in [1.82, 2.24) is 4.98 Å². The third kappa shape index (κ3) is 1.72. The highest BCUT2D eigenvalue weighted by Gasteiger charge is 2.16. The maximum Gasteiger partial charge on any atom is 0.266 e. The van der Waals surface area contributed by atoms with Crippen LogP contribution in [0.15, 0.2) is 6.07 Å². The first-order chi connectivity index (χ1) is 6.06. The van der Waals surface area contributed by atoms with Crippen LogP contribution < -0.4 is 0 Å². The molecule has 0 aromatic carbocycles. The van der Waals surface area contributed by atoms with Gasteiger partial charge in [0.2, 0.25) is 0 Å². The van der Waals surface area contributed by atoms with Gasteiger partial charge in [0.15, 0.2) is 0 Å². The Morgan fingerprint density at radius 1 is 1.62 bits per heavy atom. The Hall–Kier alpha value is -1.70. The summed E-state index contributed by atoms with van der Waals surface area (Å²) in [5.74, 6) is -0.325. The van der Waals surface area contributed by atoms with E-state index in [2.05, 4.69) is 4.98 Å². The molecule has 0 radical (unpaired) electrons. The van der Waals surface area contributed by atoms with Gasteiger partial charge in [0, 0.05) is 0 Å². The van der Waals surface area contributed by atoms with E-state index in [9.17, 15) is 8.78 Å². The van der Waals surface area contributed by atoms with Gasteiger partial charge in [-0.05, 0) is 13.0 Å². The van der Waals surface area contributed by atoms with Gasteiger partial charge in [0.05, 0.1) is 11.3 Å². The van der Waals surface area contributed by atoms with Crippen LogP contribution in [-0.4, -0.2) is 10.1 Å². The highest BCUT2D eigenvalue weighted by molar-refractivity contribution is 5.40. The quantitative estimate of drug-likeness (QED) is 0.725. The average molecular weight is 184 g/mol. The first-order valence-electron chi connectivity index (χ1n) is 3.45. The molecule has 0 fully saturated rings. The maximum absolute atomic E-state index is 12.2. The average Bonchev–Trinajstić information content (AvgIpc) is 2.08. The van der Waals surface area contributed by atoms with E-state index in [0.717, 1.165) is 6.07 Å². The van der Waals surface area contributed by atoms with Crippen LogP contribution in [0.2, 0.25) is 0 Å². The number of nitrogens with zero attached hydrogens (tertiary/aromatic N) is 2. The van der Waals surface area contributed by atoms with Gasteiger partial charge >= 0.3 is 0 Å². The molecule has 3 nitrogen and oxygen atoms in total. The van der Waals surface area contributed by atoms with Crippen molar-refractivity contribution in [2.24, 2.45) is 0 Å². The lowest BCUT2D eigenvalue weighted by Gasteiger charge is -2.04. The fraction of sp³-hybridized carbons (Fsp3) is 0.250. The molecule has 0 saturated heterocycles. The lowest BCUT2D eigenvalue weighted by molar-refractivity contribution is 0.150. The number of alkyl halides is 2. The summed E-state index contributed by atoms with van der Waals surface area (Å²) in [6.07, 6.45) is -2.80. The predicted molar refractivity (Wildman–Crippen MR) is 40.3 cm³/mol. The zero-order valence-electron chi connectivity index (χ0n) is 6.75. The first kappa shape index (κ1) is 9.39. The van der Waals surface area contributed by atoms with Crippen molar-refractivity contribution in [3.63, 3.8) is 0 Å². The zero-order valence-corrected chi connectivity index (χ0v) is 6.75. The summed E-state index contributed by atoms with van der Waals surface area (Å²) in [4.78, 5) is 3.52. The Morgan fingerprint density at radius 3 is 2.69 bits per heavy atom. The number of halogens is 2. The number of aryl methyl sites for hydroxylation is 1. The van der Waals surface area contributed by atoms with Crippen molar-refractivity contribution in [3.8, 4) is 11.8 Å². The molecule has 13 heavy (non-hydrogen) atoms. The second-order valence-electron chi connectivity index (χ2n) is 2.44. The highest BCUT2D eigenvalue weighted by Crippen LogP contribution is 2.26. The van der Waals surface area contributed by atoms with E-state index in [1.54, 1.807) is 6.07 Å². The van der Waals surface area contributed by atoms with Gasteiger partial charge in [0.1, 0.15) is 17.5 Å². The van der Waals surface area contributed by atoms with E-state index in [1.165, 1.54) is 6.92 Å². The number of rotatable bonds is 1. The number of pyridine rings is 1. The van der Waals surface area contributed by atoms with Crippen LogP contribution in [0.4, 0.5) is 8.78 Å². The number of aromatic hydroxyl groups is 1. The summed E-state index contributed by atoms with van der Waals surface area (Å²) in [5.41, 5.74) is -0.711. The molecule has 1 N–H and O–H groups in total. The Morgan fingerprint density at radius 2 is 2.23 bits per heavy atom. The Bertz CT molecular complexity index is 371. The van der Waals surface area contributed by atoms with Crippen LogP contribution in [0.5, 0.6) is 5.75 Å². The molecule has 0 spiro atoms. The number of hydrogen-bond donors (Lipinski definition) is 1. The normalized spacial score (nSPS) is 10.1. The van der Waals surface area contributed by atoms with E-state index in [0.29, 0.717) is 0 Å². The van der Waals surface area contributed by atoms with E-state index in [4.69, 9.17) is 10.4 Å². The van der Waals surface area contributed by atoms with Gasteiger partial charge in [-0.3, -0.25) is 0 Å². The van der Waals surface area contributed by atoms with Gasteiger partial charge in [-0.1, -0.05) is 0 Å². The third-order valence-corrected chi connectivity index (χ3v) is 1.56. The SMILES string of the molecule is Cc1nc(C#N)c(C(F)F)cc1O. The minimum Gasteiger partial charge on any atom is -0.506 e. The van der Waals surface area contributed by atoms with Gasteiger partial charge in [0.25, 0.3) is 6.43 Å². The van der Waals surface area contributed by atoms with Gasteiger partial charge in [-0.25, -0.2) is 13.8 Å². The molecule has 0 aliphatic heterocycles. The molecule has 0 aliphatic rings. The van der Waals surface area contributed by atoms with E-state index >= 15 is 0 Å². The summed E-state index contributed by atoms with van der Waals surface area (Å²) in [7, 11) is 0. The molecule has 1 heterocycles. The van der Waals surface area contributed by atoms with Crippen LogP contribution in [0.25, 0.3) is 0 Å². The molecular weight excluding hydrogens is 178 g/mol. The van der Waals surface area contributed by atoms with Crippen molar-refractivity contribution in [2.45, 2.75) is 13.3 Å². The number of nitriles is 1. The topological polar surface area (TPSA) is 56.9 Å². The minimum atomic E-state index is -2.80. The van der Waals surface area contributed by atoms with Crippen molar-refractivity contribution in [2.75, 3.05) is 0 Å². The zero-order chi connectivity index (χ0) is 10.0. The van der Waals surface area contributed by atoms with E-state index in [-0.39, 0.29) is 17.1 Å². The molecule has 5 heteroatoms. The summed E-state index contributed by atoms with van der Waals surface area (Å²) in [5, 5.41) is 17.5.